The van der Waals surface area contributed by atoms with E-state index in [1.807, 2.05) is 13.0 Å². The second-order valence-corrected chi connectivity index (χ2v) is 4.49. The quantitative estimate of drug-likeness (QED) is 0.850. The van der Waals surface area contributed by atoms with Gasteiger partial charge in [-0.15, -0.1) is 5.10 Å². The van der Waals surface area contributed by atoms with Crippen molar-refractivity contribution < 1.29 is 8.81 Å². The van der Waals surface area contributed by atoms with E-state index in [2.05, 4.69) is 10.2 Å². The average molecular weight is 252 g/mol. The standard InChI is InChI=1S/C12H13FN2OS/c1-7(6-11-14-15-12(17)16-11)9-3-4-10(13)8(2)5-9/h3-5,7H,6H2,1-2H3,(H,15,17). The van der Waals surface area contributed by atoms with Gasteiger partial charge in [0.05, 0.1) is 0 Å². The van der Waals surface area contributed by atoms with Gasteiger partial charge in [-0.2, -0.15) is 0 Å². The maximum atomic E-state index is 13.1. The highest BCUT2D eigenvalue weighted by Gasteiger charge is 2.11. The molecule has 0 bridgehead atoms. The van der Waals surface area contributed by atoms with Gasteiger partial charge in [0.25, 0.3) is 4.84 Å². The molecule has 0 aliphatic rings. The number of hydrogen-bond donors (Lipinski definition) is 1. The smallest absolute Gasteiger partial charge is 0.284 e. The Labute approximate surface area is 104 Å². The number of aromatic nitrogens is 2. The Morgan fingerprint density at radius 2 is 2.29 bits per heavy atom. The lowest BCUT2D eigenvalue weighted by atomic mass is 9.96. The summed E-state index contributed by atoms with van der Waals surface area (Å²) < 4.78 is 18.3. The highest BCUT2D eigenvalue weighted by Crippen LogP contribution is 2.21. The molecule has 0 radical (unpaired) electrons. The van der Waals surface area contributed by atoms with Gasteiger partial charge in [0.15, 0.2) is 0 Å². The molecule has 0 aliphatic heterocycles. The van der Waals surface area contributed by atoms with E-state index in [1.165, 1.54) is 6.07 Å². The molecule has 1 aromatic carbocycles. The van der Waals surface area contributed by atoms with Gasteiger partial charge in [0.1, 0.15) is 5.82 Å². The van der Waals surface area contributed by atoms with Gasteiger partial charge in [-0.3, -0.25) is 0 Å². The number of rotatable bonds is 3. The van der Waals surface area contributed by atoms with E-state index in [0.717, 1.165) is 5.56 Å². The molecular weight excluding hydrogens is 239 g/mol. The van der Waals surface area contributed by atoms with Crippen molar-refractivity contribution in [2.75, 3.05) is 0 Å². The summed E-state index contributed by atoms with van der Waals surface area (Å²) in [5.74, 6) is 0.596. The molecule has 0 fully saturated rings. The molecule has 1 N–H and O–H groups in total. The van der Waals surface area contributed by atoms with Crippen LogP contribution >= 0.6 is 12.2 Å². The predicted octanol–water partition coefficient (Wildman–Crippen LogP) is 3.53. The van der Waals surface area contributed by atoms with Crippen molar-refractivity contribution in [3.63, 3.8) is 0 Å². The van der Waals surface area contributed by atoms with E-state index in [9.17, 15) is 4.39 Å². The fourth-order valence-corrected chi connectivity index (χ4v) is 1.84. The fourth-order valence-electron chi connectivity index (χ4n) is 1.70. The van der Waals surface area contributed by atoms with E-state index in [4.69, 9.17) is 16.6 Å². The third-order valence-electron chi connectivity index (χ3n) is 2.71. The first-order valence-electron chi connectivity index (χ1n) is 5.36. The Hall–Kier alpha value is -1.49. The Morgan fingerprint density at radius 1 is 1.53 bits per heavy atom. The topological polar surface area (TPSA) is 41.8 Å². The zero-order valence-electron chi connectivity index (χ0n) is 9.66. The van der Waals surface area contributed by atoms with Gasteiger partial charge in [-0.05, 0) is 42.3 Å². The van der Waals surface area contributed by atoms with Crippen LogP contribution in [0.3, 0.4) is 0 Å². The van der Waals surface area contributed by atoms with Crippen LogP contribution in [0.4, 0.5) is 4.39 Å². The predicted molar refractivity (Wildman–Crippen MR) is 64.9 cm³/mol. The first kappa shape index (κ1) is 12.0. The van der Waals surface area contributed by atoms with E-state index >= 15 is 0 Å². The van der Waals surface area contributed by atoms with Crippen molar-refractivity contribution in [2.24, 2.45) is 0 Å². The van der Waals surface area contributed by atoms with Crippen molar-refractivity contribution in [3.8, 4) is 0 Å². The highest BCUT2D eigenvalue weighted by molar-refractivity contribution is 7.71. The van der Waals surface area contributed by atoms with Crippen LogP contribution in [0.2, 0.25) is 0 Å². The highest BCUT2D eigenvalue weighted by atomic mass is 32.1. The molecule has 17 heavy (non-hydrogen) atoms. The summed E-state index contributed by atoms with van der Waals surface area (Å²) in [5, 5.41) is 6.54. The first-order chi connectivity index (χ1) is 8.06. The minimum Gasteiger partial charge on any atom is -0.414 e. The maximum absolute atomic E-state index is 13.1. The molecule has 1 aromatic heterocycles. The monoisotopic (exact) mass is 252 g/mol. The Bertz CT molecular complexity index is 576. The van der Waals surface area contributed by atoms with E-state index in [-0.39, 0.29) is 16.6 Å². The molecule has 2 rings (SSSR count). The SMILES string of the molecule is Cc1cc(C(C)Cc2n[nH]c(=S)o2)ccc1F. The number of nitrogens with zero attached hydrogens (tertiary/aromatic N) is 1. The Morgan fingerprint density at radius 3 is 2.88 bits per heavy atom. The van der Waals surface area contributed by atoms with E-state index in [0.29, 0.717) is 17.9 Å². The third-order valence-corrected chi connectivity index (χ3v) is 2.89. The maximum Gasteiger partial charge on any atom is 0.284 e. The van der Waals surface area contributed by atoms with Crippen LogP contribution < -0.4 is 0 Å². The van der Waals surface area contributed by atoms with Gasteiger partial charge in [-0.1, -0.05) is 19.1 Å². The number of H-pyrrole nitrogens is 1. The molecule has 1 unspecified atom stereocenters. The van der Waals surface area contributed by atoms with Crippen molar-refractivity contribution in [1.82, 2.24) is 10.2 Å². The fraction of sp³-hybridized carbons (Fsp3) is 0.333. The molecule has 0 spiro atoms. The summed E-state index contributed by atoms with van der Waals surface area (Å²) >= 11 is 4.81. The van der Waals surface area contributed by atoms with Crippen LogP contribution in [-0.4, -0.2) is 10.2 Å². The van der Waals surface area contributed by atoms with Gasteiger partial charge in [0.2, 0.25) is 5.89 Å². The van der Waals surface area contributed by atoms with Crippen LogP contribution in [-0.2, 0) is 6.42 Å². The molecule has 0 aliphatic carbocycles. The number of aryl methyl sites for hydroxylation is 1. The number of hydrogen-bond acceptors (Lipinski definition) is 3. The molecule has 0 saturated carbocycles. The third kappa shape index (κ3) is 2.79. The number of nitrogens with one attached hydrogen (secondary N) is 1. The molecule has 1 heterocycles. The van der Waals surface area contributed by atoms with Crippen molar-refractivity contribution in [2.45, 2.75) is 26.2 Å². The summed E-state index contributed by atoms with van der Waals surface area (Å²) in [7, 11) is 0. The lowest BCUT2D eigenvalue weighted by Crippen LogP contribution is -2.00. The second kappa shape index (κ2) is 4.79. The van der Waals surface area contributed by atoms with Crippen LogP contribution in [0.25, 0.3) is 0 Å². The average Bonchev–Trinajstić information content (AvgIpc) is 2.68. The molecule has 1 atom stereocenters. The summed E-state index contributed by atoms with van der Waals surface area (Å²) in [6, 6.07) is 5.12. The normalized spacial score (nSPS) is 12.6. The molecule has 2 aromatic rings. The molecule has 0 saturated heterocycles. The molecule has 90 valence electrons. The molecule has 3 nitrogen and oxygen atoms in total. The summed E-state index contributed by atoms with van der Waals surface area (Å²) in [4.78, 5) is 0.280. The van der Waals surface area contributed by atoms with Gasteiger partial charge < -0.3 is 4.42 Å². The lowest BCUT2D eigenvalue weighted by Gasteiger charge is -2.10. The van der Waals surface area contributed by atoms with Crippen molar-refractivity contribution in [3.05, 3.63) is 45.9 Å². The minimum absolute atomic E-state index is 0.182. The number of halogens is 1. The van der Waals surface area contributed by atoms with Crippen LogP contribution in [0.5, 0.6) is 0 Å². The number of benzene rings is 1. The van der Waals surface area contributed by atoms with Crippen LogP contribution in [0.15, 0.2) is 22.6 Å². The van der Waals surface area contributed by atoms with Crippen LogP contribution in [0, 0.1) is 17.6 Å². The number of aromatic amines is 1. The summed E-state index contributed by atoms with van der Waals surface area (Å²) in [6.45, 7) is 3.80. The Kier molecular flexibility index (Phi) is 3.38. The molecule has 5 heteroatoms. The zero-order chi connectivity index (χ0) is 12.4. The van der Waals surface area contributed by atoms with Crippen LogP contribution in [0.1, 0.15) is 29.9 Å². The minimum atomic E-state index is -0.182. The summed E-state index contributed by atoms with van der Waals surface area (Å²) in [6.07, 6.45) is 0.637. The zero-order valence-corrected chi connectivity index (χ0v) is 10.5. The van der Waals surface area contributed by atoms with Gasteiger partial charge >= 0.3 is 0 Å². The van der Waals surface area contributed by atoms with E-state index < -0.39 is 0 Å². The second-order valence-electron chi connectivity index (χ2n) is 4.12. The largest absolute Gasteiger partial charge is 0.414 e. The van der Waals surface area contributed by atoms with Gasteiger partial charge in [0, 0.05) is 6.42 Å². The Balaban J connectivity index is 2.16. The van der Waals surface area contributed by atoms with Crippen molar-refractivity contribution in [1.29, 1.82) is 0 Å². The van der Waals surface area contributed by atoms with Crippen molar-refractivity contribution >= 4 is 12.2 Å². The molecule has 0 amide bonds. The lowest BCUT2D eigenvalue weighted by molar-refractivity contribution is 0.466. The summed E-state index contributed by atoms with van der Waals surface area (Å²) in [5.41, 5.74) is 1.71. The first-order valence-corrected chi connectivity index (χ1v) is 5.77. The van der Waals surface area contributed by atoms with E-state index in [1.54, 1.807) is 13.0 Å². The van der Waals surface area contributed by atoms with Gasteiger partial charge in [-0.25, -0.2) is 9.49 Å². The molecular formula is C12H13FN2OS.